The molecule has 0 saturated carbocycles. The van der Waals surface area contributed by atoms with E-state index in [0.29, 0.717) is 23.9 Å². The van der Waals surface area contributed by atoms with Gasteiger partial charge in [0, 0.05) is 6.42 Å². The molecule has 1 amide bonds. The molecule has 0 aliphatic heterocycles. The van der Waals surface area contributed by atoms with Gasteiger partial charge in [0.15, 0.2) is 0 Å². The lowest BCUT2D eigenvalue weighted by Gasteiger charge is -2.26. The quantitative estimate of drug-likeness (QED) is 0.0247. The van der Waals surface area contributed by atoms with E-state index in [9.17, 15) is 19.4 Å². The van der Waals surface area contributed by atoms with Crippen LogP contribution in [0.1, 0.15) is 213 Å². The summed E-state index contributed by atoms with van der Waals surface area (Å²) in [7, 11) is 1.62. The second-order valence-corrected chi connectivity index (χ2v) is 18.2. The maximum absolute atomic E-state index is 12.9. The van der Waals surface area contributed by atoms with Crippen LogP contribution < -0.4 is 5.32 Å². The van der Waals surface area contributed by atoms with Crippen molar-refractivity contribution in [2.24, 2.45) is 0 Å². The zero-order valence-electron chi connectivity index (χ0n) is 35.8. The molecule has 0 spiro atoms. The molecule has 8 nitrogen and oxygen atoms in total. The molecule has 0 radical (unpaired) electrons. The zero-order valence-corrected chi connectivity index (χ0v) is 36.7. The molecule has 0 saturated heterocycles. The van der Waals surface area contributed by atoms with E-state index in [-0.39, 0.29) is 19.1 Å². The number of amides is 1. The van der Waals surface area contributed by atoms with Crippen molar-refractivity contribution < 1.29 is 32.9 Å². The monoisotopic (exact) mass is 774 g/mol. The fourth-order valence-corrected chi connectivity index (χ4v) is 7.36. The number of carbonyl (C=O) groups is 1. The number of aliphatic hydroxyl groups is 1. The molecule has 3 unspecified atom stereocenters. The fourth-order valence-electron chi connectivity index (χ4n) is 6.63. The molecule has 9 heteroatoms. The third-order valence-corrected chi connectivity index (χ3v) is 11.2. The van der Waals surface area contributed by atoms with Gasteiger partial charge in [-0.1, -0.05) is 180 Å². The van der Waals surface area contributed by atoms with Gasteiger partial charge in [-0.2, -0.15) is 0 Å². The van der Waals surface area contributed by atoms with Crippen molar-refractivity contribution >= 4 is 13.7 Å². The third-order valence-electron chi connectivity index (χ3n) is 10.3. The van der Waals surface area contributed by atoms with Gasteiger partial charge < -0.3 is 19.8 Å². The first-order chi connectivity index (χ1) is 25.5. The summed E-state index contributed by atoms with van der Waals surface area (Å²) in [6.45, 7) is 4.89. The van der Waals surface area contributed by atoms with E-state index in [4.69, 9.17) is 9.05 Å². The average Bonchev–Trinajstić information content (AvgIpc) is 3.10. The van der Waals surface area contributed by atoms with Gasteiger partial charge in [0.05, 0.1) is 39.9 Å². The Balaban J connectivity index is 4.36. The smallest absolute Gasteiger partial charge is 0.391 e. The van der Waals surface area contributed by atoms with Crippen molar-refractivity contribution in [1.82, 2.24) is 5.32 Å². The molecular formula is C44H90N2O6P+. The summed E-state index contributed by atoms with van der Waals surface area (Å²) in [6, 6.07) is -0.760. The van der Waals surface area contributed by atoms with E-state index in [2.05, 4.69) is 31.3 Å². The molecule has 316 valence electrons. The fraction of sp³-hybridized carbons (Fsp3) is 0.932. The number of hydrogen-bond donors (Lipinski definition) is 3. The first kappa shape index (κ1) is 52.2. The van der Waals surface area contributed by atoms with E-state index in [1.54, 1.807) is 0 Å². The van der Waals surface area contributed by atoms with E-state index in [0.717, 1.165) is 51.4 Å². The Morgan fingerprint density at radius 1 is 0.623 bits per heavy atom. The second kappa shape index (κ2) is 36.9. The average molecular weight is 774 g/mol. The molecule has 53 heavy (non-hydrogen) atoms. The van der Waals surface area contributed by atoms with E-state index in [1.807, 2.05) is 21.1 Å². The molecule has 3 N–H and O–H groups in total. The van der Waals surface area contributed by atoms with Crippen LogP contribution in [0.15, 0.2) is 12.2 Å². The van der Waals surface area contributed by atoms with Crippen molar-refractivity contribution in [3.8, 4) is 0 Å². The summed E-state index contributed by atoms with van der Waals surface area (Å²) in [5.74, 6) is -0.152. The minimum atomic E-state index is -4.31. The largest absolute Gasteiger partial charge is 0.472 e. The Kier molecular flexibility index (Phi) is 36.3. The number of hydrogen-bond acceptors (Lipinski definition) is 5. The van der Waals surface area contributed by atoms with Crippen LogP contribution in [0.2, 0.25) is 0 Å². The molecule has 0 aliphatic rings. The Morgan fingerprint density at radius 2 is 1.02 bits per heavy atom. The van der Waals surface area contributed by atoms with Crippen molar-refractivity contribution in [3.63, 3.8) is 0 Å². The van der Waals surface area contributed by atoms with E-state index in [1.165, 1.54) is 135 Å². The van der Waals surface area contributed by atoms with Crippen molar-refractivity contribution in [1.29, 1.82) is 0 Å². The number of phosphoric ester groups is 1. The molecule has 0 heterocycles. The molecule has 3 atom stereocenters. The number of unbranched alkanes of at least 4 members (excludes halogenated alkanes) is 26. The van der Waals surface area contributed by atoms with Gasteiger partial charge in [-0.3, -0.25) is 13.8 Å². The van der Waals surface area contributed by atoms with Crippen LogP contribution in [0.5, 0.6) is 0 Å². The highest BCUT2D eigenvalue weighted by molar-refractivity contribution is 7.47. The highest BCUT2D eigenvalue weighted by atomic mass is 31.2. The van der Waals surface area contributed by atoms with Gasteiger partial charge in [-0.25, -0.2) is 4.57 Å². The topological polar surface area (TPSA) is 105 Å². The first-order valence-electron chi connectivity index (χ1n) is 22.6. The van der Waals surface area contributed by atoms with Gasteiger partial charge >= 0.3 is 7.82 Å². The lowest BCUT2D eigenvalue weighted by Crippen LogP contribution is -2.46. The summed E-state index contributed by atoms with van der Waals surface area (Å²) in [5, 5.41) is 13.9. The normalized spacial score (nSPS) is 14.5. The second-order valence-electron chi connectivity index (χ2n) is 16.8. The number of rotatable bonds is 41. The van der Waals surface area contributed by atoms with E-state index >= 15 is 0 Å². The van der Waals surface area contributed by atoms with Crippen LogP contribution in [-0.2, 0) is 18.4 Å². The van der Waals surface area contributed by atoms with Gasteiger partial charge in [-0.15, -0.1) is 0 Å². The number of nitrogens with one attached hydrogen (secondary N) is 1. The number of likely N-dealkylation sites (N-methyl/N-ethyl adjacent to an activating group) is 1. The molecular weight excluding hydrogens is 683 g/mol. The van der Waals surface area contributed by atoms with Crippen molar-refractivity contribution in [2.75, 3.05) is 40.9 Å². The summed E-state index contributed by atoms with van der Waals surface area (Å²) < 4.78 is 23.6. The Bertz CT molecular complexity index is 880. The first-order valence-corrected chi connectivity index (χ1v) is 24.0. The van der Waals surface area contributed by atoms with Gasteiger partial charge in [0.1, 0.15) is 13.2 Å². The number of carbonyl (C=O) groups excluding carboxylic acids is 1. The molecule has 0 aromatic rings. The molecule has 0 aromatic carbocycles. The van der Waals surface area contributed by atoms with Crippen LogP contribution in [-0.4, -0.2) is 73.4 Å². The predicted molar refractivity (Wildman–Crippen MR) is 226 cm³/mol. The molecule has 0 bridgehead atoms. The standard InChI is InChI=1S/C44H89N2O6P/c1-6-8-10-12-14-16-18-20-22-24-26-28-30-32-34-36-38-44(48)45-42(41-52-53(49,50)51-40-39-46(3,4)5)43(47)37-35-33-31-29-27-25-23-21-19-17-15-13-11-9-7-2/h22,24,42-43,47H,6-21,23,25-41H2,1-5H3,(H-,45,48,49,50)/p+1/b24-22-. The third kappa shape index (κ3) is 39.3. The summed E-state index contributed by atoms with van der Waals surface area (Å²) in [5.41, 5.74) is 0. The summed E-state index contributed by atoms with van der Waals surface area (Å²) in [6.07, 6.45) is 40.9. The SMILES string of the molecule is CCCCCCCCC/C=C\CCCCCCCC(=O)NC(COP(=O)(O)OCC[N+](C)(C)C)C(O)CCCCCCCCCCCCCCCCC. The lowest BCUT2D eigenvalue weighted by atomic mass is 10.0. The van der Waals surface area contributed by atoms with Crippen molar-refractivity contribution in [3.05, 3.63) is 12.2 Å². The lowest BCUT2D eigenvalue weighted by molar-refractivity contribution is -0.870. The maximum atomic E-state index is 12.9. The molecule has 0 rings (SSSR count). The Hall–Kier alpha value is -0.760. The van der Waals surface area contributed by atoms with Crippen LogP contribution in [0, 0.1) is 0 Å². The minimum Gasteiger partial charge on any atom is -0.391 e. The Morgan fingerprint density at radius 3 is 1.45 bits per heavy atom. The van der Waals surface area contributed by atoms with Crippen LogP contribution in [0.4, 0.5) is 0 Å². The van der Waals surface area contributed by atoms with Crippen LogP contribution >= 0.6 is 7.82 Å². The highest BCUT2D eigenvalue weighted by Gasteiger charge is 2.28. The number of phosphoric acid groups is 1. The number of nitrogens with zero attached hydrogens (tertiary/aromatic N) is 1. The Labute approximate surface area is 329 Å². The van der Waals surface area contributed by atoms with Crippen LogP contribution in [0.3, 0.4) is 0 Å². The summed E-state index contributed by atoms with van der Waals surface area (Å²) in [4.78, 5) is 23.1. The van der Waals surface area contributed by atoms with Gasteiger partial charge in [0.25, 0.3) is 0 Å². The number of aliphatic hydroxyl groups excluding tert-OH is 1. The highest BCUT2D eigenvalue weighted by Crippen LogP contribution is 2.43. The molecule has 0 fully saturated rings. The maximum Gasteiger partial charge on any atom is 0.472 e. The predicted octanol–water partition coefficient (Wildman–Crippen LogP) is 12.4. The minimum absolute atomic E-state index is 0.0749. The number of quaternary nitrogens is 1. The van der Waals surface area contributed by atoms with Crippen LogP contribution in [0.25, 0.3) is 0 Å². The number of allylic oxidation sites excluding steroid dienone is 2. The molecule has 0 aromatic heterocycles. The molecule has 0 aliphatic carbocycles. The van der Waals surface area contributed by atoms with Gasteiger partial charge in [0.2, 0.25) is 5.91 Å². The zero-order chi connectivity index (χ0) is 39.3. The van der Waals surface area contributed by atoms with Gasteiger partial charge in [-0.05, 0) is 38.5 Å². The van der Waals surface area contributed by atoms with E-state index < -0.39 is 20.0 Å². The summed E-state index contributed by atoms with van der Waals surface area (Å²) >= 11 is 0. The van der Waals surface area contributed by atoms with Crippen molar-refractivity contribution in [2.45, 2.75) is 225 Å².